The Bertz CT molecular complexity index is 704. The molecule has 0 atom stereocenters. The lowest BCUT2D eigenvalue weighted by atomic mass is 10.0. The van der Waals surface area contributed by atoms with Crippen LogP contribution in [0.25, 0.3) is 0 Å². The van der Waals surface area contributed by atoms with Gasteiger partial charge in [-0.1, -0.05) is 12.8 Å². The van der Waals surface area contributed by atoms with Crippen molar-refractivity contribution in [3.63, 3.8) is 0 Å². The van der Waals surface area contributed by atoms with Gasteiger partial charge < -0.3 is 25.6 Å². The fraction of sp³-hybridized carbons (Fsp3) is 0.421. The first kappa shape index (κ1) is 17.4. The number of fused-ring (bicyclic) bond motifs is 1. The third kappa shape index (κ3) is 3.96. The number of benzene rings is 1. The van der Waals surface area contributed by atoms with E-state index in [4.69, 9.17) is 20.3 Å². The Morgan fingerprint density at radius 1 is 1.16 bits per heavy atom. The normalized spacial score (nSPS) is 19.3. The van der Waals surface area contributed by atoms with E-state index < -0.39 is 11.7 Å². The summed E-state index contributed by atoms with van der Waals surface area (Å²) in [6, 6.07) is 5.49. The molecule has 1 aliphatic carbocycles. The third-order valence-electron chi connectivity index (χ3n) is 4.65. The van der Waals surface area contributed by atoms with Gasteiger partial charge in [0.05, 0.1) is 12.2 Å². The molecule has 1 amide bonds. The Kier molecular flexibility index (Phi) is 5.28. The minimum atomic E-state index is -0.492. The van der Waals surface area contributed by atoms with Crippen LogP contribution in [0, 0.1) is 10.8 Å². The van der Waals surface area contributed by atoms with Gasteiger partial charge in [0, 0.05) is 36.5 Å². The molecule has 6 nitrogen and oxygen atoms in total. The lowest BCUT2D eigenvalue weighted by molar-refractivity contribution is -0.212. The van der Waals surface area contributed by atoms with Gasteiger partial charge in [-0.15, -0.1) is 0 Å². The molecule has 0 radical (unpaired) electrons. The average Bonchev–Trinajstić information content (AvgIpc) is 2.85. The lowest BCUT2D eigenvalue weighted by Crippen LogP contribution is -2.41. The summed E-state index contributed by atoms with van der Waals surface area (Å²) in [6.07, 6.45) is 9.73. The van der Waals surface area contributed by atoms with Crippen LogP contribution in [0.1, 0.15) is 44.1 Å². The number of nitrogens with one attached hydrogen (secondary N) is 3. The summed E-state index contributed by atoms with van der Waals surface area (Å²) in [6.45, 7) is 0.465. The fourth-order valence-electron chi connectivity index (χ4n) is 3.30. The van der Waals surface area contributed by atoms with Gasteiger partial charge in [-0.2, -0.15) is 0 Å². The highest BCUT2D eigenvalue weighted by Gasteiger charge is 2.37. The van der Waals surface area contributed by atoms with Crippen LogP contribution in [0.5, 0.6) is 5.75 Å². The van der Waals surface area contributed by atoms with Gasteiger partial charge in [-0.3, -0.25) is 4.79 Å². The Morgan fingerprint density at radius 2 is 1.92 bits per heavy atom. The van der Waals surface area contributed by atoms with E-state index in [1.54, 1.807) is 6.07 Å². The van der Waals surface area contributed by atoms with E-state index in [-0.39, 0.29) is 5.57 Å². The SMILES string of the molecule is N=C/C=C(\C=N)C(=O)Nc1ccc2c(c1)COC1(CCCCCC1)O2. The van der Waals surface area contributed by atoms with Gasteiger partial charge in [-0.25, -0.2) is 0 Å². The van der Waals surface area contributed by atoms with Crippen molar-refractivity contribution in [1.82, 2.24) is 0 Å². The zero-order chi connectivity index (χ0) is 17.7. The molecular formula is C19H23N3O3. The molecule has 1 aromatic rings. The molecule has 0 aromatic heterocycles. The largest absolute Gasteiger partial charge is 0.462 e. The van der Waals surface area contributed by atoms with Crippen molar-refractivity contribution in [1.29, 1.82) is 10.8 Å². The molecule has 0 unspecified atom stereocenters. The van der Waals surface area contributed by atoms with Crippen molar-refractivity contribution in [2.45, 2.75) is 50.9 Å². The Labute approximate surface area is 147 Å². The molecule has 6 heteroatoms. The van der Waals surface area contributed by atoms with Crippen molar-refractivity contribution in [3.05, 3.63) is 35.4 Å². The van der Waals surface area contributed by atoms with Crippen molar-refractivity contribution in [3.8, 4) is 5.75 Å². The van der Waals surface area contributed by atoms with E-state index in [9.17, 15) is 4.79 Å². The molecular weight excluding hydrogens is 318 g/mol. The number of anilines is 1. The summed E-state index contributed by atoms with van der Waals surface area (Å²) in [5.41, 5.74) is 1.64. The van der Waals surface area contributed by atoms with E-state index in [1.807, 2.05) is 12.1 Å². The van der Waals surface area contributed by atoms with Crippen molar-refractivity contribution in [2.24, 2.45) is 0 Å². The zero-order valence-corrected chi connectivity index (χ0v) is 14.1. The molecule has 0 saturated heterocycles. The summed E-state index contributed by atoms with van der Waals surface area (Å²) in [5, 5.41) is 17.0. The van der Waals surface area contributed by atoms with Crippen LogP contribution in [0.3, 0.4) is 0 Å². The number of carbonyl (C=O) groups is 1. The summed E-state index contributed by atoms with van der Waals surface area (Å²) in [5.74, 6) is -0.0984. The lowest BCUT2D eigenvalue weighted by Gasteiger charge is -2.38. The van der Waals surface area contributed by atoms with Gasteiger partial charge in [0.1, 0.15) is 5.75 Å². The van der Waals surface area contributed by atoms with Crippen LogP contribution in [0.4, 0.5) is 5.69 Å². The molecule has 1 aliphatic heterocycles. The summed E-state index contributed by atoms with van der Waals surface area (Å²) in [7, 11) is 0. The molecule has 1 saturated carbocycles. The molecule has 132 valence electrons. The van der Waals surface area contributed by atoms with Gasteiger partial charge in [-0.05, 0) is 37.1 Å². The van der Waals surface area contributed by atoms with E-state index >= 15 is 0 Å². The smallest absolute Gasteiger partial charge is 0.257 e. The number of amides is 1. The molecule has 1 heterocycles. The number of ether oxygens (including phenoxy) is 2. The first-order valence-electron chi connectivity index (χ1n) is 8.64. The molecule has 0 bridgehead atoms. The van der Waals surface area contributed by atoms with Crippen LogP contribution in [-0.2, 0) is 16.1 Å². The predicted octanol–water partition coefficient (Wildman–Crippen LogP) is 3.81. The highest BCUT2D eigenvalue weighted by atomic mass is 16.7. The maximum Gasteiger partial charge on any atom is 0.257 e. The van der Waals surface area contributed by atoms with E-state index in [0.717, 1.165) is 49.4 Å². The number of hydrogen-bond donors (Lipinski definition) is 3. The second-order valence-corrected chi connectivity index (χ2v) is 6.43. The highest BCUT2D eigenvalue weighted by Crippen LogP contribution is 2.40. The Balaban J connectivity index is 1.73. The van der Waals surface area contributed by atoms with Crippen molar-refractivity contribution < 1.29 is 14.3 Å². The highest BCUT2D eigenvalue weighted by molar-refractivity contribution is 6.18. The van der Waals surface area contributed by atoms with Crippen LogP contribution in [-0.4, -0.2) is 24.1 Å². The number of rotatable bonds is 4. The molecule has 1 fully saturated rings. The zero-order valence-electron chi connectivity index (χ0n) is 14.1. The summed E-state index contributed by atoms with van der Waals surface area (Å²) in [4.78, 5) is 12.1. The topological polar surface area (TPSA) is 95.3 Å². The Hall–Kier alpha value is -2.47. The van der Waals surface area contributed by atoms with Gasteiger partial charge in [0.25, 0.3) is 5.91 Å². The minimum Gasteiger partial charge on any atom is -0.462 e. The monoisotopic (exact) mass is 341 g/mol. The molecule has 2 aliphatic rings. The molecule has 3 N–H and O–H groups in total. The van der Waals surface area contributed by atoms with Crippen LogP contribution in [0.2, 0.25) is 0 Å². The molecule has 1 spiro atoms. The Morgan fingerprint density at radius 3 is 2.60 bits per heavy atom. The quantitative estimate of drug-likeness (QED) is 0.574. The first-order valence-corrected chi connectivity index (χ1v) is 8.64. The average molecular weight is 341 g/mol. The van der Waals surface area contributed by atoms with Crippen LogP contribution >= 0.6 is 0 Å². The number of allylic oxidation sites excluding steroid dienone is 1. The second-order valence-electron chi connectivity index (χ2n) is 6.43. The van der Waals surface area contributed by atoms with E-state index in [0.29, 0.717) is 12.3 Å². The van der Waals surface area contributed by atoms with Crippen molar-refractivity contribution >= 4 is 24.0 Å². The molecule has 1 aromatic carbocycles. The number of carbonyl (C=O) groups excluding carboxylic acids is 1. The standard InChI is InChI=1S/C19H23N3O3/c20-10-7-14(12-21)18(23)22-16-5-6-17-15(11-16)13-24-19(25-17)8-3-1-2-4-9-19/h5-7,10-12,20-21H,1-4,8-9,13H2,(H,22,23)/b14-7+,20-10?,21-12?. The minimum absolute atomic E-state index is 0.123. The first-order chi connectivity index (χ1) is 12.2. The van der Waals surface area contributed by atoms with Gasteiger partial charge in [0.15, 0.2) is 0 Å². The fourth-order valence-corrected chi connectivity index (χ4v) is 3.30. The summed E-state index contributed by atoms with van der Waals surface area (Å²) < 4.78 is 12.3. The second kappa shape index (κ2) is 7.61. The van der Waals surface area contributed by atoms with Crippen LogP contribution in [0.15, 0.2) is 29.8 Å². The summed E-state index contributed by atoms with van der Waals surface area (Å²) >= 11 is 0. The van der Waals surface area contributed by atoms with Crippen molar-refractivity contribution in [2.75, 3.05) is 5.32 Å². The molecule has 25 heavy (non-hydrogen) atoms. The maximum atomic E-state index is 12.1. The van der Waals surface area contributed by atoms with E-state index in [1.165, 1.54) is 18.9 Å². The third-order valence-corrected chi connectivity index (χ3v) is 4.65. The van der Waals surface area contributed by atoms with E-state index in [2.05, 4.69) is 5.32 Å². The number of hydrogen-bond acceptors (Lipinski definition) is 5. The maximum absolute atomic E-state index is 12.1. The van der Waals surface area contributed by atoms with Gasteiger partial charge in [0.2, 0.25) is 5.79 Å². The predicted molar refractivity (Wildman–Crippen MR) is 96.6 cm³/mol. The van der Waals surface area contributed by atoms with Gasteiger partial charge >= 0.3 is 0 Å². The molecule has 3 rings (SSSR count). The van der Waals surface area contributed by atoms with Crippen LogP contribution < -0.4 is 10.1 Å².